The molecule has 3 rings (SSSR count). The first-order valence-corrected chi connectivity index (χ1v) is 9.07. The number of rotatable bonds is 4. The standard InChI is InChI=1S/C16H22N4O2S/c1-22-13(21)9-16(6-4-3-5-7-16)20-12(17)8-11-10-18-15(23-2)19-14(11)20/h8,10H,3-7,9,17H2,1-2H3. The van der Waals surface area contributed by atoms with Crippen LogP contribution in [0.4, 0.5) is 5.82 Å². The summed E-state index contributed by atoms with van der Waals surface area (Å²) in [6.07, 6.45) is 9.25. The average molecular weight is 334 g/mol. The first kappa shape index (κ1) is 16.1. The van der Waals surface area contributed by atoms with E-state index >= 15 is 0 Å². The van der Waals surface area contributed by atoms with Gasteiger partial charge in [0.25, 0.3) is 0 Å². The summed E-state index contributed by atoms with van der Waals surface area (Å²) in [7, 11) is 1.43. The normalized spacial score (nSPS) is 17.3. The number of nitrogens with zero attached hydrogens (tertiary/aromatic N) is 3. The zero-order valence-corrected chi connectivity index (χ0v) is 14.4. The molecule has 0 aromatic carbocycles. The topological polar surface area (TPSA) is 83.0 Å². The van der Waals surface area contributed by atoms with E-state index in [1.165, 1.54) is 25.3 Å². The van der Waals surface area contributed by atoms with Gasteiger partial charge in [0.1, 0.15) is 11.5 Å². The van der Waals surface area contributed by atoms with Crippen molar-refractivity contribution in [2.75, 3.05) is 19.1 Å². The highest BCUT2D eigenvalue weighted by molar-refractivity contribution is 7.98. The molecule has 0 atom stereocenters. The second-order valence-electron chi connectivity index (χ2n) is 6.08. The first-order chi connectivity index (χ1) is 11.1. The number of hydrogen-bond acceptors (Lipinski definition) is 6. The van der Waals surface area contributed by atoms with Gasteiger partial charge in [-0.2, -0.15) is 0 Å². The summed E-state index contributed by atoms with van der Waals surface area (Å²) >= 11 is 1.50. The quantitative estimate of drug-likeness (QED) is 0.526. The van der Waals surface area contributed by atoms with Crippen molar-refractivity contribution < 1.29 is 9.53 Å². The maximum atomic E-state index is 12.0. The predicted molar refractivity (Wildman–Crippen MR) is 91.4 cm³/mol. The molecule has 2 aromatic rings. The number of ether oxygens (including phenoxy) is 1. The predicted octanol–water partition coefficient (Wildman–Crippen LogP) is 2.96. The monoisotopic (exact) mass is 334 g/mol. The fourth-order valence-electron chi connectivity index (χ4n) is 3.62. The molecule has 1 aliphatic rings. The van der Waals surface area contributed by atoms with E-state index in [0.29, 0.717) is 17.4 Å². The average Bonchev–Trinajstić information content (AvgIpc) is 2.90. The minimum atomic E-state index is -0.346. The third kappa shape index (κ3) is 2.89. The number of carbonyl (C=O) groups excluding carboxylic acids is 1. The van der Waals surface area contributed by atoms with Gasteiger partial charge >= 0.3 is 5.97 Å². The summed E-state index contributed by atoms with van der Waals surface area (Å²) in [5, 5.41) is 1.62. The Labute approximate surface area is 139 Å². The molecular formula is C16H22N4O2S. The van der Waals surface area contributed by atoms with Gasteiger partial charge in [-0.1, -0.05) is 31.0 Å². The van der Waals surface area contributed by atoms with E-state index in [-0.39, 0.29) is 11.5 Å². The zero-order chi connectivity index (χ0) is 16.4. The summed E-state index contributed by atoms with van der Waals surface area (Å²) in [4.78, 5) is 21.0. The Hall–Kier alpha value is -1.76. The molecule has 1 aliphatic carbocycles. The molecule has 23 heavy (non-hydrogen) atoms. The molecule has 7 heteroatoms. The molecule has 0 aliphatic heterocycles. The van der Waals surface area contributed by atoms with Crippen LogP contribution in [0, 0.1) is 0 Å². The number of methoxy groups -OCH3 is 1. The summed E-state index contributed by atoms with van der Waals surface area (Å²) in [6, 6.07) is 1.90. The van der Waals surface area contributed by atoms with Crippen LogP contribution in [-0.2, 0) is 15.1 Å². The smallest absolute Gasteiger partial charge is 0.307 e. The van der Waals surface area contributed by atoms with Crippen LogP contribution in [0.3, 0.4) is 0 Å². The molecule has 0 radical (unpaired) electrons. The second kappa shape index (κ2) is 6.39. The number of aromatic nitrogens is 3. The van der Waals surface area contributed by atoms with E-state index in [0.717, 1.165) is 36.7 Å². The fraction of sp³-hybridized carbons (Fsp3) is 0.562. The number of nitrogen functional groups attached to an aromatic ring is 1. The van der Waals surface area contributed by atoms with Crippen molar-refractivity contribution in [2.45, 2.75) is 49.2 Å². The highest BCUT2D eigenvalue weighted by Gasteiger charge is 2.39. The molecule has 124 valence electrons. The van der Waals surface area contributed by atoms with Crippen molar-refractivity contribution in [2.24, 2.45) is 0 Å². The van der Waals surface area contributed by atoms with Crippen LogP contribution in [-0.4, -0.2) is 33.9 Å². The molecule has 0 bridgehead atoms. The Morgan fingerprint density at radius 2 is 2.17 bits per heavy atom. The minimum absolute atomic E-state index is 0.202. The Kier molecular flexibility index (Phi) is 4.48. The van der Waals surface area contributed by atoms with Crippen LogP contribution in [0.15, 0.2) is 17.4 Å². The Morgan fingerprint density at radius 3 is 2.83 bits per heavy atom. The van der Waals surface area contributed by atoms with Crippen LogP contribution in [0.25, 0.3) is 11.0 Å². The van der Waals surface area contributed by atoms with Crippen molar-refractivity contribution in [1.29, 1.82) is 0 Å². The molecule has 2 heterocycles. The van der Waals surface area contributed by atoms with Crippen LogP contribution in [0.2, 0.25) is 0 Å². The van der Waals surface area contributed by atoms with Gasteiger partial charge in [0.05, 0.1) is 19.1 Å². The molecular weight excluding hydrogens is 312 g/mol. The van der Waals surface area contributed by atoms with Crippen LogP contribution in [0.5, 0.6) is 0 Å². The number of hydrogen-bond donors (Lipinski definition) is 1. The Bertz CT molecular complexity index is 722. The lowest BCUT2D eigenvalue weighted by molar-refractivity contribution is -0.143. The van der Waals surface area contributed by atoms with Gasteiger partial charge < -0.3 is 15.0 Å². The third-order valence-electron chi connectivity index (χ3n) is 4.69. The summed E-state index contributed by atoms with van der Waals surface area (Å²) in [5.74, 6) is 0.436. The number of anilines is 1. The second-order valence-corrected chi connectivity index (χ2v) is 6.85. The van der Waals surface area contributed by atoms with Crippen LogP contribution >= 0.6 is 11.8 Å². The summed E-state index contributed by atoms with van der Waals surface area (Å²) in [6.45, 7) is 0. The molecule has 6 nitrogen and oxygen atoms in total. The van der Waals surface area contributed by atoms with Gasteiger partial charge in [-0.3, -0.25) is 4.79 Å². The zero-order valence-electron chi connectivity index (χ0n) is 13.5. The number of fused-ring (bicyclic) bond motifs is 1. The lowest BCUT2D eigenvalue weighted by atomic mass is 9.79. The van der Waals surface area contributed by atoms with Crippen molar-refractivity contribution in [3.8, 4) is 0 Å². The number of nitrogens with two attached hydrogens (primary N) is 1. The molecule has 1 fully saturated rings. The van der Waals surface area contributed by atoms with E-state index in [1.54, 1.807) is 6.20 Å². The lowest BCUT2D eigenvalue weighted by Crippen LogP contribution is -2.39. The third-order valence-corrected chi connectivity index (χ3v) is 5.25. The molecule has 2 N–H and O–H groups in total. The van der Waals surface area contributed by atoms with Gasteiger partial charge in [-0.05, 0) is 25.2 Å². The van der Waals surface area contributed by atoms with Crippen LogP contribution in [0.1, 0.15) is 38.5 Å². The SMILES string of the molecule is COC(=O)CC1(n2c(N)cc3cnc(SC)nc32)CCCCC1. The lowest BCUT2D eigenvalue weighted by Gasteiger charge is -2.39. The first-order valence-electron chi connectivity index (χ1n) is 7.85. The van der Waals surface area contributed by atoms with Gasteiger partial charge in [0.15, 0.2) is 5.16 Å². The van der Waals surface area contributed by atoms with E-state index < -0.39 is 0 Å². The molecule has 1 saturated carbocycles. The highest BCUT2D eigenvalue weighted by atomic mass is 32.2. The van der Waals surface area contributed by atoms with Crippen molar-refractivity contribution in [3.63, 3.8) is 0 Å². The summed E-state index contributed by atoms with van der Waals surface area (Å²) in [5.41, 5.74) is 6.78. The van der Waals surface area contributed by atoms with Crippen molar-refractivity contribution >= 4 is 34.6 Å². The maximum Gasteiger partial charge on any atom is 0.307 e. The molecule has 0 unspecified atom stereocenters. The van der Waals surface area contributed by atoms with Gasteiger partial charge in [-0.25, -0.2) is 9.97 Å². The highest BCUT2D eigenvalue weighted by Crippen LogP contribution is 2.42. The van der Waals surface area contributed by atoms with E-state index in [4.69, 9.17) is 10.5 Å². The van der Waals surface area contributed by atoms with E-state index in [1.807, 2.05) is 12.3 Å². The van der Waals surface area contributed by atoms with Gasteiger partial charge in [0, 0.05) is 11.6 Å². The Balaban J connectivity index is 2.16. The molecule has 2 aromatic heterocycles. The number of carbonyl (C=O) groups is 1. The molecule has 0 saturated heterocycles. The van der Waals surface area contributed by atoms with Crippen LogP contribution < -0.4 is 5.73 Å². The Morgan fingerprint density at radius 1 is 1.43 bits per heavy atom. The largest absolute Gasteiger partial charge is 0.469 e. The molecule has 0 spiro atoms. The number of esters is 1. The van der Waals surface area contributed by atoms with Crippen molar-refractivity contribution in [1.82, 2.24) is 14.5 Å². The fourth-order valence-corrected chi connectivity index (χ4v) is 3.96. The van der Waals surface area contributed by atoms with Crippen molar-refractivity contribution in [3.05, 3.63) is 12.3 Å². The minimum Gasteiger partial charge on any atom is -0.469 e. The maximum absolute atomic E-state index is 12.0. The van der Waals surface area contributed by atoms with Gasteiger partial charge in [0.2, 0.25) is 0 Å². The van der Waals surface area contributed by atoms with Gasteiger partial charge in [-0.15, -0.1) is 0 Å². The van der Waals surface area contributed by atoms with E-state index in [9.17, 15) is 4.79 Å². The molecule has 0 amide bonds. The summed E-state index contributed by atoms with van der Waals surface area (Å²) < 4.78 is 7.00. The number of thioether (sulfide) groups is 1. The van der Waals surface area contributed by atoms with E-state index in [2.05, 4.69) is 14.5 Å².